The predicted octanol–water partition coefficient (Wildman–Crippen LogP) is 10.7. The second-order valence-electron chi connectivity index (χ2n) is 23.5. The number of piperidine rings is 3. The van der Waals surface area contributed by atoms with Gasteiger partial charge >= 0.3 is 18.3 Å². The zero-order valence-electron chi connectivity index (χ0n) is 49.1. The van der Waals surface area contributed by atoms with Gasteiger partial charge in [0.15, 0.2) is 0 Å². The molecular weight excluding hydrogens is 1100 g/mol. The molecule has 6 aliphatic rings. The summed E-state index contributed by atoms with van der Waals surface area (Å²) < 4.78 is 60.5. The zero-order chi connectivity index (χ0) is 62.0. The number of halogens is 3. The number of carbonyl (C=O) groups excluding carboxylic acids is 9. The molecule has 84 heavy (non-hydrogen) atoms. The minimum atomic E-state index is -0.628. The van der Waals surface area contributed by atoms with Crippen molar-refractivity contribution >= 4 is 53.7 Å². The van der Waals surface area contributed by atoms with Gasteiger partial charge in [0.2, 0.25) is 0 Å². The van der Waals surface area contributed by atoms with Crippen LogP contribution in [-0.4, -0.2) is 171 Å². The third kappa shape index (κ3) is 16.5. The predicted molar refractivity (Wildman–Crippen MR) is 301 cm³/mol. The van der Waals surface area contributed by atoms with Gasteiger partial charge in [-0.05, 0) is 154 Å². The van der Waals surface area contributed by atoms with Gasteiger partial charge in [0.25, 0.3) is 35.4 Å². The minimum Gasteiger partial charge on any atom is -0.444 e. The van der Waals surface area contributed by atoms with Crippen LogP contribution in [0.15, 0.2) is 107 Å². The molecule has 3 aromatic rings. The van der Waals surface area contributed by atoms with Crippen LogP contribution in [0.3, 0.4) is 0 Å². The Hall–Kier alpha value is -8.18. The van der Waals surface area contributed by atoms with Gasteiger partial charge in [0.1, 0.15) is 34.3 Å². The molecule has 23 heteroatoms. The summed E-state index contributed by atoms with van der Waals surface area (Å²) in [4.78, 5) is 121. The summed E-state index contributed by atoms with van der Waals surface area (Å²) in [6, 6.07) is 19.4. The average Bonchev–Trinajstić information content (AvgIpc) is 2.38. The van der Waals surface area contributed by atoms with E-state index in [0.717, 1.165) is 14.7 Å². The summed E-state index contributed by atoms with van der Waals surface area (Å²) in [5.41, 5.74) is 1.12. The summed E-state index contributed by atoms with van der Waals surface area (Å²) in [6.07, 6.45) is 1.77. The molecule has 0 bridgehead atoms. The zero-order valence-corrected chi connectivity index (χ0v) is 49.1. The van der Waals surface area contributed by atoms with Crippen LogP contribution < -0.4 is 0 Å². The van der Waals surface area contributed by atoms with Gasteiger partial charge < -0.3 is 28.9 Å². The fourth-order valence-corrected chi connectivity index (χ4v) is 9.63. The van der Waals surface area contributed by atoms with Crippen molar-refractivity contribution in [2.24, 2.45) is 0 Å². The Morgan fingerprint density at radius 1 is 0.417 bits per heavy atom. The molecule has 0 unspecified atom stereocenters. The van der Waals surface area contributed by atoms with E-state index >= 15 is 0 Å². The molecule has 0 aromatic heterocycles. The molecule has 0 spiro atoms. The molecule has 9 amide bonds. The SMILES string of the molecule is CC(C)(C)OC(=O)N1CCC/C(=C(/F)CN2C(=O)c3ccccc3C2=O)C1.CC(C)(C)OC(=O)N1CCC/C(=C(\F)CN2C(=O)c3ccccc3C2=O)C1.CC(C)(C)OC(=O)N1CCC/C(=C(\F)CN2C(=O)c3ccccc3C2=O)C1.COO. The first-order valence-electron chi connectivity index (χ1n) is 27.5. The van der Waals surface area contributed by atoms with Crippen LogP contribution in [-0.2, 0) is 19.1 Å². The molecule has 0 atom stereocenters. The standard InChI is InChI=1S/3C20H23FN2O4.CH4O2/c3*1-20(2,3)27-19(26)22-10-6-7-13(11-22)16(21)12-23-17(24)14-8-4-5-9-15(14)18(23)25;1-3-2/h3*4-5,8-9H,6-7,10-12H2,1-3H3;2H,1H3/b2*16-13+;16-13-;. The number of rotatable bonds is 6. The number of imide groups is 3. The van der Waals surface area contributed by atoms with Crippen LogP contribution >= 0.6 is 0 Å². The van der Waals surface area contributed by atoms with Gasteiger partial charge in [-0.1, -0.05) is 36.4 Å². The summed E-state index contributed by atoms with van der Waals surface area (Å²) in [6.45, 7) is 16.5. The lowest BCUT2D eigenvalue weighted by Gasteiger charge is -2.31. The van der Waals surface area contributed by atoms with Gasteiger partial charge in [-0.25, -0.2) is 32.4 Å². The van der Waals surface area contributed by atoms with E-state index in [9.17, 15) is 56.3 Å². The maximum atomic E-state index is 14.8. The summed E-state index contributed by atoms with van der Waals surface area (Å²) >= 11 is 0. The van der Waals surface area contributed by atoms with E-state index in [0.29, 0.717) is 108 Å². The van der Waals surface area contributed by atoms with E-state index in [4.69, 9.17) is 19.5 Å². The second kappa shape index (κ2) is 27.5. The Kier molecular flexibility index (Phi) is 21.3. The minimum absolute atomic E-state index is 0.101. The third-order valence-electron chi connectivity index (χ3n) is 13.5. The molecule has 0 aliphatic carbocycles. The van der Waals surface area contributed by atoms with E-state index in [1.54, 1.807) is 135 Å². The van der Waals surface area contributed by atoms with Crippen molar-refractivity contribution in [3.05, 3.63) is 140 Å². The fraction of sp³-hybridized carbons (Fsp3) is 0.459. The van der Waals surface area contributed by atoms with Crippen molar-refractivity contribution in [3.8, 4) is 0 Å². The number of hydrogen-bond acceptors (Lipinski definition) is 14. The summed E-state index contributed by atoms with van der Waals surface area (Å²) in [7, 11) is 1.18. The average molecular weight is 1170 g/mol. The highest BCUT2D eigenvalue weighted by Crippen LogP contribution is 2.31. The highest BCUT2D eigenvalue weighted by molar-refractivity contribution is 6.23. The van der Waals surface area contributed by atoms with Crippen molar-refractivity contribution in [1.82, 2.24) is 29.4 Å². The van der Waals surface area contributed by atoms with Crippen LogP contribution in [0.2, 0.25) is 0 Å². The first kappa shape index (κ1) is 65.0. The van der Waals surface area contributed by atoms with Gasteiger partial charge in [0.05, 0.1) is 60.1 Å². The first-order chi connectivity index (χ1) is 39.4. The summed E-state index contributed by atoms with van der Waals surface area (Å²) in [5.74, 6) is -4.60. The van der Waals surface area contributed by atoms with Crippen molar-refractivity contribution < 1.29 is 80.7 Å². The van der Waals surface area contributed by atoms with Crippen LogP contribution in [0, 0.1) is 0 Å². The summed E-state index contributed by atoms with van der Waals surface area (Å²) in [5, 5.41) is 7.07. The molecule has 6 heterocycles. The Balaban J connectivity index is 0.000000197. The molecule has 0 radical (unpaired) electrons. The number of hydrogen-bond donors (Lipinski definition) is 1. The van der Waals surface area contributed by atoms with E-state index in [2.05, 4.69) is 4.89 Å². The highest BCUT2D eigenvalue weighted by atomic mass is 19.1. The molecule has 20 nitrogen and oxygen atoms in total. The van der Waals surface area contributed by atoms with Crippen molar-refractivity contribution in [2.75, 3.05) is 66.0 Å². The smallest absolute Gasteiger partial charge is 0.410 e. The van der Waals surface area contributed by atoms with Crippen molar-refractivity contribution in [3.63, 3.8) is 0 Å². The second-order valence-corrected chi connectivity index (χ2v) is 23.5. The monoisotopic (exact) mass is 1170 g/mol. The van der Waals surface area contributed by atoms with E-state index in [-0.39, 0.29) is 19.6 Å². The first-order valence-corrected chi connectivity index (χ1v) is 27.5. The Morgan fingerprint density at radius 2 is 0.607 bits per heavy atom. The lowest BCUT2D eigenvalue weighted by atomic mass is 10.0. The molecule has 9 rings (SSSR count). The Labute approximate surface area is 486 Å². The maximum absolute atomic E-state index is 14.8. The van der Waals surface area contributed by atoms with Gasteiger partial charge in [0, 0.05) is 39.3 Å². The van der Waals surface area contributed by atoms with Gasteiger partial charge in [-0.2, -0.15) is 0 Å². The van der Waals surface area contributed by atoms with E-state index in [1.165, 1.54) is 21.8 Å². The number of nitrogens with zero attached hydrogens (tertiary/aromatic N) is 6. The Bertz CT molecular complexity index is 2720. The van der Waals surface area contributed by atoms with Crippen LogP contribution in [0.5, 0.6) is 0 Å². The molecule has 452 valence electrons. The van der Waals surface area contributed by atoms with Crippen LogP contribution in [0.1, 0.15) is 163 Å². The van der Waals surface area contributed by atoms with Crippen molar-refractivity contribution in [1.29, 1.82) is 0 Å². The lowest BCUT2D eigenvalue weighted by molar-refractivity contribution is -0.214. The largest absolute Gasteiger partial charge is 0.444 e. The molecule has 0 saturated carbocycles. The van der Waals surface area contributed by atoms with E-state index in [1.807, 2.05) is 0 Å². The maximum Gasteiger partial charge on any atom is 0.410 e. The van der Waals surface area contributed by atoms with Crippen molar-refractivity contribution in [2.45, 2.75) is 118 Å². The van der Waals surface area contributed by atoms with E-state index < -0.39 is 108 Å². The normalized spacial score (nSPS) is 18.8. The molecule has 3 aromatic carbocycles. The molecule has 1 N–H and O–H groups in total. The fourth-order valence-electron chi connectivity index (χ4n) is 9.63. The van der Waals surface area contributed by atoms with Crippen LogP contribution in [0.25, 0.3) is 0 Å². The number of carbonyl (C=O) groups is 9. The third-order valence-corrected chi connectivity index (χ3v) is 13.5. The van der Waals surface area contributed by atoms with Gasteiger partial charge in [-0.3, -0.25) is 48.7 Å². The number of likely N-dealkylation sites (tertiary alicyclic amines) is 3. The molecule has 6 aliphatic heterocycles. The number of fused-ring (bicyclic) bond motifs is 3. The van der Waals surface area contributed by atoms with Gasteiger partial charge in [-0.15, -0.1) is 0 Å². The number of amides is 9. The van der Waals surface area contributed by atoms with Crippen LogP contribution in [0.4, 0.5) is 27.6 Å². The lowest BCUT2D eigenvalue weighted by Crippen LogP contribution is -2.41. The Morgan fingerprint density at radius 3 is 0.786 bits per heavy atom. The molecule has 3 saturated heterocycles. The topological polar surface area (TPSA) is 230 Å². The number of ether oxygens (including phenoxy) is 3. The molecular formula is C61H73F3N6O14. The quantitative estimate of drug-likeness (QED) is 0.105. The molecule has 3 fully saturated rings. The highest BCUT2D eigenvalue weighted by Gasteiger charge is 2.40. The number of benzene rings is 3.